The zero-order valence-corrected chi connectivity index (χ0v) is 5.89. The molecule has 0 fully saturated rings. The van der Waals surface area contributed by atoms with Gasteiger partial charge in [-0.05, 0) is 30.7 Å². The van der Waals surface area contributed by atoms with Gasteiger partial charge in [-0.2, -0.15) is 0 Å². The smallest absolute Gasteiger partial charge is 0.0508 e. The van der Waals surface area contributed by atoms with Crippen LogP contribution in [-0.2, 0) is 0 Å². The van der Waals surface area contributed by atoms with Crippen LogP contribution in [0, 0.1) is 6.92 Å². The molecule has 0 bridgehead atoms. The number of rotatable bonds is 1. The minimum Gasteiger partial charge on any atom is -0.399 e. The molecule has 0 atom stereocenters. The third-order valence-corrected chi connectivity index (χ3v) is 1.27. The predicted octanol–water partition coefficient (Wildman–Crippen LogP) is 0.863. The number of nitrogen functional groups attached to an aromatic ring is 2. The summed E-state index contributed by atoms with van der Waals surface area (Å²) in [6, 6.07) is 5.60. The lowest BCUT2D eigenvalue weighted by Crippen LogP contribution is -2.07. The molecule has 0 aliphatic heterocycles. The Morgan fingerprint density at radius 3 is 2.50 bits per heavy atom. The lowest BCUT2D eigenvalue weighted by atomic mass is 10.2. The molecule has 3 nitrogen and oxygen atoms in total. The number of nitrogens with one attached hydrogen (secondary N) is 1. The molecule has 0 heterocycles. The van der Waals surface area contributed by atoms with Crippen molar-refractivity contribution >= 4 is 11.4 Å². The number of hydrazine groups is 1. The minimum atomic E-state index is 0.730. The number of anilines is 2. The maximum absolute atomic E-state index is 5.54. The fourth-order valence-electron chi connectivity index (χ4n) is 0.896. The van der Waals surface area contributed by atoms with E-state index in [2.05, 4.69) is 5.43 Å². The Morgan fingerprint density at radius 2 is 2.00 bits per heavy atom. The second kappa shape index (κ2) is 2.58. The van der Waals surface area contributed by atoms with E-state index in [1.165, 1.54) is 0 Å². The summed E-state index contributed by atoms with van der Waals surface area (Å²) in [5.41, 5.74) is 10.7. The van der Waals surface area contributed by atoms with Crippen molar-refractivity contribution in [1.82, 2.24) is 0 Å². The van der Waals surface area contributed by atoms with Gasteiger partial charge in [0.05, 0.1) is 5.69 Å². The third-order valence-electron chi connectivity index (χ3n) is 1.27. The van der Waals surface area contributed by atoms with Gasteiger partial charge in [-0.25, -0.2) is 0 Å². The molecule has 0 unspecified atom stereocenters. The van der Waals surface area contributed by atoms with Gasteiger partial charge in [0.2, 0.25) is 0 Å². The Morgan fingerprint density at radius 1 is 1.30 bits per heavy atom. The molecule has 0 aliphatic carbocycles. The monoisotopic (exact) mass is 137 g/mol. The number of hydrogen-bond acceptors (Lipinski definition) is 3. The topological polar surface area (TPSA) is 64.1 Å². The van der Waals surface area contributed by atoms with Crippen LogP contribution < -0.4 is 17.0 Å². The zero-order valence-electron chi connectivity index (χ0n) is 5.89. The largest absolute Gasteiger partial charge is 0.399 e. The first-order chi connectivity index (χ1) is 4.72. The van der Waals surface area contributed by atoms with E-state index in [0.717, 1.165) is 16.9 Å². The summed E-state index contributed by atoms with van der Waals surface area (Å²) in [6.45, 7) is 1.97. The van der Waals surface area contributed by atoms with Crippen LogP contribution in [0.25, 0.3) is 0 Å². The molecular formula is C7H11N3. The summed E-state index contributed by atoms with van der Waals surface area (Å²) in [5.74, 6) is 5.18. The van der Waals surface area contributed by atoms with Crippen LogP contribution >= 0.6 is 0 Å². The van der Waals surface area contributed by atoms with Gasteiger partial charge < -0.3 is 11.2 Å². The molecule has 3 heteroatoms. The number of hydrogen-bond donors (Lipinski definition) is 3. The van der Waals surface area contributed by atoms with Gasteiger partial charge in [-0.15, -0.1) is 0 Å². The minimum absolute atomic E-state index is 0.730. The van der Waals surface area contributed by atoms with Gasteiger partial charge >= 0.3 is 0 Å². The summed E-state index contributed by atoms with van der Waals surface area (Å²) >= 11 is 0. The van der Waals surface area contributed by atoms with Gasteiger partial charge in [0.15, 0.2) is 0 Å². The molecule has 1 aromatic rings. The van der Waals surface area contributed by atoms with Crippen LogP contribution in [0.3, 0.4) is 0 Å². The highest BCUT2D eigenvalue weighted by Crippen LogP contribution is 2.13. The van der Waals surface area contributed by atoms with Crippen molar-refractivity contribution in [1.29, 1.82) is 0 Å². The Balaban J connectivity index is 3.06. The van der Waals surface area contributed by atoms with E-state index in [1.807, 2.05) is 19.1 Å². The van der Waals surface area contributed by atoms with E-state index < -0.39 is 0 Å². The Bertz CT molecular complexity index is 212. The molecule has 1 aromatic carbocycles. The average molecular weight is 137 g/mol. The lowest BCUT2D eigenvalue weighted by molar-refractivity contribution is 1.33. The molecule has 5 N–H and O–H groups in total. The Hall–Kier alpha value is -1.22. The quantitative estimate of drug-likeness (QED) is 0.305. The van der Waals surface area contributed by atoms with Crippen LogP contribution in [-0.4, -0.2) is 0 Å². The number of aryl methyl sites for hydroxylation is 1. The second-order valence-electron chi connectivity index (χ2n) is 2.28. The summed E-state index contributed by atoms with van der Waals surface area (Å²) in [6.07, 6.45) is 0. The third kappa shape index (κ3) is 1.39. The van der Waals surface area contributed by atoms with E-state index >= 15 is 0 Å². The summed E-state index contributed by atoms with van der Waals surface area (Å²) in [4.78, 5) is 0. The first-order valence-corrected chi connectivity index (χ1v) is 3.06. The molecule has 0 aromatic heterocycles. The molecule has 10 heavy (non-hydrogen) atoms. The summed E-state index contributed by atoms with van der Waals surface area (Å²) < 4.78 is 0. The molecule has 1 rings (SSSR count). The first-order valence-electron chi connectivity index (χ1n) is 3.06. The highest BCUT2D eigenvalue weighted by atomic mass is 15.2. The standard InChI is InChI=1S/C7H11N3/c1-5-2-6(8)4-7(3-5)10-9/h2-4,10H,8-9H2,1H3. The highest BCUT2D eigenvalue weighted by molar-refractivity contribution is 5.55. The van der Waals surface area contributed by atoms with E-state index in [1.54, 1.807) is 6.07 Å². The number of benzene rings is 1. The molecule has 0 saturated carbocycles. The second-order valence-corrected chi connectivity index (χ2v) is 2.28. The van der Waals surface area contributed by atoms with Crippen molar-refractivity contribution in [2.45, 2.75) is 6.92 Å². The van der Waals surface area contributed by atoms with E-state index in [4.69, 9.17) is 11.6 Å². The van der Waals surface area contributed by atoms with Crippen molar-refractivity contribution in [3.63, 3.8) is 0 Å². The van der Waals surface area contributed by atoms with Crippen molar-refractivity contribution in [2.24, 2.45) is 5.84 Å². The molecule has 0 spiro atoms. The molecule has 0 amide bonds. The van der Waals surface area contributed by atoms with E-state index in [-0.39, 0.29) is 0 Å². The average Bonchev–Trinajstić information content (AvgIpc) is 1.85. The predicted molar refractivity (Wildman–Crippen MR) is 43.4 cm³/mol. The van der Waals surface area contributed by atoms with Gasteiger partial charge in [-0.1, -0.05) is 0 Å². The summed E-state index contributed by atoms with van der Waals surface area (Å²) in [5, 5.41) is 0. The van der Waals surface area contributed by atoms with Gasteiger partial charge in [-0.3, -0.25) is 5.84 Å². The molecular weight excluding hydrogens is 126 g/mol. The van der Waals surface area contributed by atoms with E-state index in [9.17, 15) is 0 Å². The molecule has 0 saturated heterocycles. The van der Waals surface area contributed by atoms with Crippen molar-refractivity contribution in [3.05, 3.63) is 23.8 Å². The highest BCUT2D eigenvalue weighted by Gasteiger charge is 1.91. The lowest BCUT2D eigenvalue weighted by Gasteiger charge is -2.02. The normalized spacial score (nSPS) is 9.40. The van der Waals surface area contributed by atoms with Crippen LogP contribution in [0.2, 0.25) is 0 Å². The van der Waals surface area contributed by atoms with Gasteiger partial charge in [0, 0.05) is 5.69 Å². The van der Waals surface area contributed by atoms with Crippen molar-refractivity contribution in [3.8, 4) is 0 Å². The Kier molecular flexibility index (Phi) is 1.78. The van der Waals surface area contributed by atoms with Crippen molar-refractivity contribution < 1.29 is 0 Å². The van der Waals surface area contributed by atoms with Crippen LogP contribution in [0.15, 0.2) is 18.2 Å². The SMILES string of the molecule is Cc1cc(N)cc(NN)c1. The van der Waals surface area contributed by atoms with Crippen LogP contribution in [0.1, 0.15) is 5.56 Å². The van der Waals surface area contributed by atoms with E-state index in [0.29, 0.717) is 0 Å². The Labute approximate surface area is 60.0 Å². The summed E-state index contributed by atoms with van der Waals surface area (Å²) in [7, 11) is 0. The fraction of sp³-hybridized carbons (Fsp3) is 0.143. The number of nitrogens with two attached hydrogens (primary N) is 2. The molecule has 54 valence electrons. The zero-order chi connectivity index (χ0) is 7.56. The fourth-order valence-corrected chi connectivity index (χ4v) is 0.896. The van der Waals surface area contributed by atoms with Gasteiger partial charge in [0.1, 0.15) is 0 Å². The maximum atomic E-state index is 5.54. The first kappa shape index (κ1) is 6.89. The molecule has 0 aliphatic rings. The van der Waals surface area contributed by atoms with Crippen molar-refractivity contribution in [2.75, 3.05) is 11.2 Å². The van der Waals surface area contributed by atoms with Crippen LogP contribution in [0.5, 0.6) is 0 Å². The molecule has 0 radical (unpaired) electrons. The van der Waals surface area contributed by atoms with Crippen LogP contribution in [0.4, 0.5) is 11.4 Å². The maximum Gasteiger partial charge on any atom is 0.0508 e. The van der Waals surface area contributed by atoms with Gasteiger partial charge in [0.25, 0.3) is 0 Å².